The summed E-state index contributed by atoms with van der Waals surface area (Å²) in [5.74, 6) is -2.07. The molecule has 0 amide bonds. The molecule has 0 radical (unpaired) electrons. The van der Waals surface area contributed by atoms with Crippen LogP contribution in [0.15, 0.2) is 34.8 Å². The highest BCUT2D eigenvalue weighted by atomic mass is 79.9. The van der Waals surface area contributed by atoms with Crippen LogP contribution in [0.3, 0.4) is 0 Å². The van der Waals surface area contributed by atoms with Gasteiger partial charge in [-0.05, 0) is 24.1 Å². The second kappa shape index (κ2) is 6.17. The summed E-state index contributed by atoms with van der Waals surface area (Å²) >= 11 is 3.39. The van der Waals surface area contributed by atoms with Crippen LogP contribution in [0.25, 0.3) is 0 Å². The number of hydrogen-bond donors (Lipinski definition) is 1. The van der Waals surface area contributed by atoms with Crippen LogP contribution in [0.4, 0.5) is 20.2 Å². The fourth-order valence-electron chi connectivity index (χ4n) is 1.80. The van der Waals surface area contributed by atoms with Gasteiger partial charge in [0.2, 0.25) is 5.82 Å². The van der Waals surface area contributed by atoms with Crippen molar-refractivity contribution in [3.63, 3.8) is 0 Å². The molecule has 0 saturated heterocycles. The molecule has 2 aromatic carbocycles. The van der Waals surface area contributed by atoms with Gasteiger partial charge in [-0.2, -0.15) is 4.39 Å². The van der Waals surface area contributed by atoms with E-state index in [1.54, 1.807) is 0 Å². The fourth-order valence-corrected chi connectivity index (χ4v) is 2.43. The summed E-state index contributed by atoms with van der Waals surface area (Å²) < 4.78 is 27.7. The van der Waals surface area contributed by atoms with E-state index >= 15 is 0 Å². The molecule has 2 aromatic rings. The molecular weight excluding hydrogens is 346 g/mol. The van der Waals surface area contributed by atoms with Gasteiger partial charge in [0, 0.05) is 23.2 Å². The molecular formula is C14H11BrF2N2O2. The molecule has 0 saturated carbocycles. The van der Waals surface area contributed by atoms with Gasteiger partial charge >= 0.3 is 5.69 Å². The Bertz CT molecular complexity index is 708. The molecule has 0 bridgehead atoms. The highest BCUT2D eigenvalue weighted by molar-refractivity contribution is 9.10. The number of nitro groups is 1. The van der Waals surface area contributed by atoms with Crippen molar-refractivity contribution < 1.29 is 13.7 Å². The first kappa shape index (κ1) is 15.4. The average Bonchev–Trinajstić information content (AvgIpc) is 2.39. The van der Waals surface area contributed by atoms with Crippen molar-refractivity contribution in [2.75, 3.05) is 5.32 Å². The lowest BCUT2D eigenvalue weighted by atomic mass is 10.1. The van der Waals surface area contributed by atoms with Crippen LogP contribution in [0.5, 0.6) is 0 Å². The molecule has 110 valence electrons. The number of nitrogens with zero attached hydrogens (tertiary/aromatic N) is 1. The maximum Gasteiger partial charge on any atom is 0.307 e. The SMILES string of the molecule is Cc1ccc(CNc2cc([N+](=O)[O-])c(F)cc2F)c(Br)c1. The number of nitro benzene ring substituents is 1. The Morgan fingerprint density at radius 1 is 1.24 bits per heavy atom. The minimum atomic E-state index is -1.19. The molecule has 0 aliphatic carbocycles. The molecule has 21 heavy (non-hydrogen) atoms. The summed E-state index contributed by atoms with van der Waals surface area (Å²) in [5.41, 5.74) is 1.04. The zero-order chi connectivity index (χ0) is 15.6. The molecule has 7 heteroatoms. The van der Waals surface area contributed by atoms with Crippen LogP contribution in [-0.2, 0) is 6.54 Å². The zero-order valence-corrected chi connectivity index (χ0v) is 12.6. The Morgan fingerprint density at radius 2 is 1.95 bits per heavy atom. The van der Waals surface area contributed by atoms with Gasteiger partial charge in [-0.15, -0.1) is 0 Å². The van der Waals surface area contributed by atoms with E-state index in [9.17, 15) is 18.9 Å². The number of nitrogens with one attached hydrogen (secondary N) is 1. The van der Waals surface area contributed by atoms with Gasteiger partial charge < -0.3 is 5.32 Å². The number of anilines is 1. The molecule has 0 fully saturated rings. The smallest absolute Gasteiger partial charge is 0.307 e. The van der Waals surface area contributed by atoms with Gasteiger partial charge in [-0.25, -0.2) is 4.39 Å². The number of rotatable bonds is 4. The van der Waals surface area contributed by atoms with Gasteiger partial charge in [0.1, 0.15) is 5.82 Å². The molecule has 0 unspecified atom stereocenters. The van der Waals surface area contributed by atoms with Gasteiger partial charge in [0.05, 0.1) is 10.6 Å². The number of halogens is 3. The molecule has 0 spiro atoms. The molecule has 0 atom stereocenters. The lowest BCUT2D eigenvalue weighted by Crippen LogP contribution is -2.04. The summed E-state index contributed by atoms with van der Waals surface area (Å²) in [7, 11) is 0. The van der Waals surface area contributed by atoms with Crippen LogP contribution in [0.2, 0.25) is 0 Å². The first-order chi connectivity index (χ1) is 9.88. The highest BCUT2D eigenvalue weighted by Crippen LogP contribution is 2.26. The third-order valence-electron chi connectivity index (χ3n) is 2.91. The lowest BCUT2D eigenvalue weighted by Gasteiger charge is -2.10. The molecule has 0 aliphatic rings. The van der Waals surface area contributed by atoms with Crippen LogP contribution < -0.4 is 5.32 Å². The van der Waals surface area contributed by atoms with E-state index in [2.05, 4.69) is 21.2 Å². The predicted octanol–water partition coefficient (Wildman–Crippen LogP) is 4.56. The average molecular weight is 357 g/mol. The zero-order valence-electron chi connectivity index (χ0n) is 11.0. The third kappa shape index (κ3) is 3.55. The first-order valence-electron chi connectivity index (χ1n) is 6.01. The monoisotopic (exact) mass is 356 g/mol. The molecule has 0 aliphatic heterocycles. The van der Waals surface area contributed by atoms with Crippen molar-refractivity contribution in [3.8, 4) is 0 Å². The normalized spacial score (nSPS) is 10.5. The number of benzene rings is 2. The van der Waals surface area contributed by atoms with Crippen LogP contribution in [0.1, 0.15) is 11.1 Å². The van der Waals surface area contributed by atoms with Crippen molar-refractivity contribution in [2.24, 2.45) is 0 Å². The van der Waals surface area contributed by atoms with Gasteiger partial charge in [-0.3, -0.25) is 10.1 Å². The van der Waals surface area contributed by atoms with E-state index in [1.807, 2.05) is 25.1 Å². The number of hydrogen-bond acceptors (Lipinski definition) is 3. The summed E-state index contributed by atoms with van der Waals surface area (Å²) in [6.07, 6.45) is 0. The van der Waals surface area contributed by atoms with Crippen molar-refractivity contribution in [1.29, 1.82) is 0 Å². The molecule has 0 aromatic heterocycles. The minimum Gasteiger partial charge on any atom is -0.378 e. The van der Waals surface area contributed by atoms with E-state index < -0.39 is 22.2 Å². The maximum absolute atomic E-state index is 13.6. The summed E-state index contributed by atoms with van der Waals surface area (Å²) in [4.78, 5) is 9.77. The Kier molecular flexibility index (Phi) is 4.52. The van der Waals surface area contributed by atoms with Gasteiger partial charge in [0.15, 0.2) is 0 Å². The van der Waals surface area contributed by atoms with Crippen molar-refractivity contribution >= 4 is 27.3 Å². The standard InChI is InChI=1S/C14H11BrF2N2O2/c1-8-2-3-9(10(15)4-8)7-18-13-6-14(19(20)21)12(17)5-11(13)16/h2-6,18H,7H2,1H3. The fraction of sp³-hybridized carbons (Fsp3) is 0.143. The van der Waals surface area contributed by atoms with E-state index in [1.165, 1.54) is 0 Å². The summed E-state index contributed by atoms with van der Waals surface area (Å²) in [6, 6.07) is 7.01. The van der Waals surface area contributed by atoms with E-state index in [0.717, 1.165) is 21.7 Å². The second-order valence-corrected chi connectivity index (χ2v) is 5.34. The van der Waals surface area contributed by atoms with Crippen molar-refractivity contribution in [2.45, 2.75) is 13.5 Å². The van der Waals surface area contributed by atoms with Crippen LogP contribution >= 0.6 is 15.9 Å². The second-order valence-electron chi connectivity index (χ2n) is 4.49. The van der Waals surface area contributed by atoms with Crippen LogP contribution in [-0.4, -0.2) is 4.92 Å². The van der Waals surface area contributed by atoms with Gasteiger partial charge in [0.25, 0.3) is 0 Å². The largest absolute Gasteiger partial charge is 0.378 e. The molecule has 0 heterocycles. The highest BCUT2D eigenvalue weighted by Gasteiger charge is 2.18. The Labute approximate surface area is 128 Å². The quantitative estimate of drug-likeness (QED) is 0.645. The Balaban J connectivity index is 2.23. The molecule has 1 N–H and O–H groups in total. The van der Waals surface area contributed by atoms with E-state index in [-0.39, 0.29) is 12.2 Å². The van der Waals surface area contributed by atoms with Crippen LogP contribution in [0, 0.1) is 28.7 Å². The van der Waals surface area contributed by atoms with Crippen molar-refractivity contribution in [1.82, 2.24) is 0 Å². The van der Waals surface area contributed by atoms with Gasteiger partial charge in [-0.1, -0.05) is 28.1 Å². The third-order valence-corrected chi connectivity index (χ3v) is 3.65. The minimum absolute atomic E-state index is 0.115. The Morgan fingerprint density at radius 3 is 2.57 bits per heavy atom. The molecule has 2 rings (SSSR count). The van der Waals surface area contributed by atoms with E-state index in [4.69, 9.17) is 0 Å². The predicted molar refractivity (Wildman–Crippen MR) is 79.2 cm³/mol. The topological polar surface area (TPSA) is 55.2 Å². The lowest BCUT2D eigenvalue weighted by molar-refractivity contribution is -0.387. The maximum atomic E-state index is 13.6. The Hall–Kier alpha value is -2.02. The summed E-state index contributed by atoms with van der Waals surface area (Å²) in [5, 5.41) is 13.4. The van der Waals surface area contributed by atoms with Crippen molar-refractivity contribution in [3.05, 3.63) is 67.7 Å². The first-order valence-corrected chi connectivity index (χ1v) is 6.80. The number of aryl methyl sites for hydroxylation is 1. The van der Waals surface area contributed by atoms with E-state index in [0.29, 0.717) is 6.07 Å². The molecule has 4 nitrogen and oxygen atoms in total. The summed E-state index contributed by atoms with van der Waals surface area (Å²) in [6.45, 7) is 2.19.